The summed E-state index contributed by atoms with van der Waals surface area (Å²) in [5, 5.41) is 2.74. The fourth-order valence-electron chi connectivity index (χ4n) is 2.70. The minimum Gasteiger partial charge on any atom is -0.368 e. The maximum atomic E-state index is 13.2. The standard InChI is InChI=1S/C16H12ClF3N6/c17-12-7-6-9(8-11(12)16(18,19)20)13-14-22-15(21)24-26(14)25(23-13)10-4-2-1-3-5-10/h1-8,23H,(H3,21,22,24). The van der Waals surface area contributed by atoms with E-state index in [9.17, 15) is 13.2 Å². The highest BCUT2D eigenvalue weighted by atomic mass is 35.5. The molecule has 0 bridgehead atoms. The van der Waals surface area contributed by atoms with Crippen molar-refractivity contribution in [2.24, 2.45) is 10.7 Å². The predicted molar refractivity (Wildman–Crippen MR) is 92.0 cm³/mol. The molecule has 0 spiro atoms. The van der Waals surface area contributed by atoms with Gasteiger partial charge in [-0.25, -0.2) is 5.43 Å². The number of alkyl halides is 3. The highest BCUT2D eigenvalue weighted by molar-refractivity contribution is 6.31. The number of guanidine groups is 1. The second-order valence-corrected chi connectivity index (χ2v) is 5.98. The van der Waals surface area contributed by atoms with Crippen LogP contribution in [0.5, 0.6) is 0 Å². The van der Waals surface area contributed by atoms with Gasteiger partial charge in [-0.15, -0.1) is 0 Å². The van der Waals surface area contributed by atoms with Gasteiger partial charge in [0.05, 0.1) is 16.3 Å². The van der Waals surface area contributed by atoms with Crippen molar-refractivity contribution in [1.82, 2.24) is 16.0 Å². The largest absolute Gasteiger partial charge is 0.417 e. The Bertz CT molecular complexity index is 925. The SMILES string of the molecule is NC1=NC2=C(c3ccc(Cl)c(C(F)(F)F)c3)NN(c3ccccc3)N2N1. The van der Waals surface area contributed by atoms with E-state index in [4.69, 9.17) is 17.3 Å². The van der Waals surface area contributed by atoms with Crippen LogP contribution in [0.15, 0.2) is 59.3 Å². The molecule has 0 saturated heterocycles. The van der Waals surface area contributed by atoms with Gasteiger partial charge in [0, 0.05) is 5.56 Å². The van der Waals surface area contributed by atoms with Gasteiger partial charge < -0.3 is 5.73 Å². The topological polar surface area (TPSA) is 68.9 Å². The van der Waals surface area contributed by atoms with E-state index >= 15 is 0 Å². The number of benzene rings is 2. The number of nitrogens with one attached hydrogen (secondary N) is 2. The summed E-state index contributed by atoms with van der Waals surface area (Å²) in [5.41, 5.74) is 12.1. The Morgan fingerprint density at radius 2 is 1.73 bits per heavy atom. The molecule has 0 radical (unpaired) electrons. The van der Waals surface area contributed by atoms with Crippen LogP contribution in [0.25, 0.3) is 5.70 Å². The first-order valence-corrected chi connectivity index (χ1v) is 7.86. The highest BCUT2D eigenvalue weighted by Gasteiger charge is 2.38. The Kier molecular flexibility index (Phi) is 3.62. The molecule has 2 aliphatic heterocycles. The van der Waals surface area contributed by atoms with E-state index in [-0.39, 0.29) is 16.5 Å². The van der Waals surface area contributed by atoms with Crippen LogP contribution in [-0.4, -0.2) is 11.1 Å². The van der Waals surface area contributed by atoms with Crippen LogP contribution in [0, 0.1) is 0 Å². The average Bonchev–Trinajstić information content (AvgIpc) is 3.12. The van der Waals surface area contributed by atoms with Crippen LogP contribution < -0.4 is 21.7 Å². The lowest BCUT2D eigenvalue weighted by Gasteiger charge is -2.28. The van der Waals surface area contributed by atoms with E-state index in [2.05, 4.69) is 15.8 Å². The molecule has 2 heterocycles. The van der Waals surface area contributed by atoms with E-state index in [1.54, 1.807) is 5.12 Å². The summed E-state index contributed by atoms with van der Waals surface area (Å²) in [4.78, 5) is 4.17. The Morgan fingerprint density at radius 1 is 1.00 bits per heavy atom. The van der Waals surface area contributed by atoms with Crippen molar-refractivity contribution >= 4 is 28.9 Å². The van der Waals surface area contributed by atoms with Crippen molar-refractivity contribution in [2.45, 2.75) is 6.18 Å². The fourth-order valence-corrected chi connectivity index (χ4v) is 2.93. The fraction of sp³-hybridized carbons (Fsp3) is 0.0625. The zero-order valence-corrected chi connectivity index (χ0v) is 13.8. The minimum atomic E-state index is -4.56. The van der Waals surface area contributed by atoms with Gasteiger partial charge in [0.15, 0.2) is 0 Å². The molecule has 0 atom stereocenters. The van der Waals surface area contributed by atoms with E-state index in [1.165, 1.54) is 17.3 Å². The van der Waals surface area contributed by atoms with E-state index in [1.807, 2.05) is 30.3 Å². The zero-order valence-electron chi connectivity index (χ0n) is 13.0. The lowest BCUT2D eigenvalue weighted by atomic mass is 10.1. The predicted octanol–water partition coefficient (Wildman–Crippen LogP) is 3.06. The third-order valence-corrected chi connectivity index (χ3v) is 4.18. The van der Waals surface area contributed by atoms with E-state index in [0.29, 0.717) is 11.5 Å². The Labute approximate surface area is 151 Å². The third-order valence-electron chi connectivity index (χ3n) is 3.85. The summed E-state index contributed by atoms with van der Waals surface area (Å²) in [6, 6.07) is 12.8. The summed E-state index contributed by atoms with van der Waals surface area (Å²) in [6.45, 7) is 0. The molecule has 0 saturated carbocycles. The van der Waals surface area contributed by atoms with Crippen molar-refractivity contribution in [2.75, 3.05) is 5.12 Å². The molecule has 0 unspecified atom stereocenters. The molecule has 0 fully saturated rings. The molecule has 4 N–H and O–H groups in total. The number of anilines is 1. The van der Waals surface area contributed by atoms with E-state index < -0.39 is 11.7 Å². The van der Waals surface area contributed by atoms with Crippen LogP contribution in [0.2, 0.25) is 5.02 Å². The van der Waals surface area contributed by atoms with Gasteiger partial charge in [-0.3, -0.25) is 5.43 Å². The maximum Gasteiger partial charge on any atom is 0.417 e. The zero-order chi connectivity index (χ0) is 18.5. The second kappa shape index (κ2) is 5.73. The molecule has 0 aliphatic carbocycles. The molecule has 0 aromatic heterocycles. The summed E-state index contributed by atoms with van der Waals surface area (Å²) >= 11 is 5.71. The van der Waals surface area contributed by atoms with Crippen molar-refractivity contribution in [3.8, 4) is 0 Å². The third kappa shape index (κ3) is 2.66. The van der Waals surface area contributed by atoms with Gasteiger partial charge >= 0.3 is 6.18 Å². The molecule has 2 aromatic carbocycles. The van der Waals surface area contributed by atoms with Gasteiger partial charge in [-0.2, -0.15) is 28.4 Å². The number of rotatable bonds is 2. The van der Waals surface area contributed by atoms with E-state index in [0.717, 1.165) is 11.8 Å². The monoisotopic (exact) mass is 380 g/mol. The molecule has 6 nitrogen and oxygen atoms in total. The number of nitrogens with zero attached hydrogens (tertiary/aromatic N) is 3. The molecule has 2 aromatic rings. The summed E-state index contributed by atoms with van der Waals surface area (Å²) in [7, 11) is 0. The summed E-state index contributed by atoms with van der Waals surface area (Å²) < 4.78 is 39.6. The highest BCUT2D eigenvalue weighted by Crippen LogP contribution is 2.38. The quantitative estimate of drug-likeness (QED) is 0.747. The number of hydrogen-bond acceptors (Lipinski definition) is 6. The van der Waals surface area contributed by atoms with Gasteiger partial charge in [0.1, 0.15) is 5.70 Å². The molecule has 134 valence electrons. The summed E-state index contributed by atoms with van der Waals surface area (Å²) in [6.07, 6.45) is -4.56. The van der Waals surface area contributed by atoms with Gasteiger partial charge in [0.25, 0.3) is 0 Å². The minimum absolute atomic E-state index is 0.130. The van der Waals surface area contributed by atoms with Crippen molar-refractivity contribution in [3.63, 3.8) is 0 Å². The average molecular weight is 381 g/mol. The number of para-hydroxylation sites is 1. The Hall–Kier alpha value is -3.07. The van der Waals surface area contributed by atoms with Crippen molar-refractivity contribution in [1.29, 1.82) is 0 Å². The van der Waals surface area contributed by atoms with Crippen LogP contribution in [0.3, 0.4) is 0 Å². The Morgan fingerprint density at radius 3 is 2.42 bits per heavy atom. The summed E-state index contributed by atoms with van der Waals surface area (Å²) in [5.74, 6) is 0.478. The number of nitrogens with two attached hydrogens (primary N) is 1. The molecular weight excluding hydrogens is 369 g/mol. The van der Waals surface area contributed by atoms with Crippen LogP contribution in [0.1, 0.15) is 11.1 Å². The van der Waals surface area contributed by atoms with Crippen molar-refractivity contribution < 1.29 is 13.2 Å². The molecule has 2 aliphatic rings. The number of hydrazine groups is 3. The second-order valence-electron chi connectivity index (χ2n) is 5.57. The van der Waals surface area contributed by atoms with Gasteiger partial charge in [-0.05, 0) is 24.3 Å². The van der Waals surface area contributed by atoms with Crippen LogP contribution in [0.4, 0.5) is 18.9 Å². The van der Waals surface area contributed by atoms with Gasteiger partial charge in [-0.1, -0.05) is 35.9 Å². The lowest BCUT2D eigenvalue weighted by Crippen LogP contribution is -2.51. The van der Waals surface area contributed by atoms with Gasteiger partial charge in [0.2, 0.25) is 11.8 Å². The number of aliphatic imine (C=N–C) groups is 1. The molecule has 0 amide bonds. The van der Waals surface area contributed by atoms with Crippen LogP contribution >= 0.6 is 11.6 Å². The first-order chi connectivity index (χ1) is 12.3. The number of halogens is 4. The smallest absolute Gasteiger partial charge is 0.368 e. The molecule has 4 rings (SSSR count). The Balaban J connectivity index is 1.79. The number of hydrogen-bond donors (Lipinski definition) is 3. The normalized spacial score (nSPS) is 16.4. The molecule has 26 heavy (non-hydrogen) atoms. The maximum absolute atomic E-state index is 13.2. The lowest BCUT2D eigenvalue weighted by molar-refractivity contribution is -0.137. The molecular formula is C16H12ClF3N6. The van der Waals surface area contributed by atoms with Crippen LogP contribution in [-0.2, 0) is 6.18 Å². The first-order valence-electron chi connectivity index (χ1n) is 7.48. The van der Waals surface area contributed by atoms with Crippen molar-refractivity contribution in [3.05, 3.63) is 70.5 Å². The first kappa shape index (κ1) is 16.4. The molecule has 10 heteroatoms. The number of fused-ring (bicyclic) bond motifs is 1.